The van der Waals surface area contributed by atoms with Gasteiger partial charge in [0.15, 0.2) is 0 Å². The first-order valence-electron chi connectivity index (χ1n) is 12.6. The van der Waals surface area contributed by atoms with Gasteiger partial charge in [0.25, 0.3) is 11.8 Å². The summed E-state index contributed by atoms with van der Waals surface area (Å²) in [6.07, 6.45) is 2.65. The number of carbonyl (C=O) groups excluding carboxylic acids is 2. The van der Waals surface area contributed by atoms with Crippen LogP contribution in [-0.2, 0) is 0 Å². The Labute approximate surface area is 250 Å². The van der Waals surface area contributed by atoms with Crippen LogP contribution in [0.25, 0.3) is 22.5 Å². The second-order valence-electron chi connectivity index (χ2n) is 9.61. The fraction of sp³-hybridized carbons (Fsp3) is 0.286. The fourth-order valence-corrected chi connectivity index (χ4v) is 6.12. The molecule has 0 saturated heterocycles. The van der Waals surface area contributed by atoms with E-state index in [1.165, 1.54) is 0 Å². The van der Waals surface area contributed by atoms with Gasteiger partial charge in [0.05, 0.1) is 20.1 Å². The molecule has 0 spiro atoms. The van der Waals surface area contributed by atoms with Crippen molar-refractivity contribution >= 4 is 58.2 Å². The molecule has 2 heterocycles. The molecule has 208 valence electrons. The molecule has 0 aliphatic heterocycles. The van der Waals surface area contributed by atoms with Gasteiger partial charge < -0.3 is 19.7 Å². The lowest BCUT2D eigenvalue weighted by molar-refractivity contribution is 0.0890. The molecule has 0 radical (unpaired) electrons. The van der Waals surface area contributed by atoms with Crippen LogP contribution in [0.1, 0.15) is 57.9 Å². The standard InChI is InChI=1S/C28H24Cl4N4O4/c1-13-21(25(35-39-13)23-17(29)5-3-6-18(23)30)27(37)33-15-9-11-16(12-10-15)34-28(38)22-14(2)40-36-26(22)24-19(31)7-4-8-20(24)32/h3-8,15-16H,9-12H2,1-2H3,(H,33,37)(H,34,38). The Morgan fingerprint density at radius 1 is 0.675 bits per heavy atom. The topological polar surface area (TPSA) is 110 Å². The second-order valence-corrected chi connectivity index (χ2v) is 11.2. The van der Waals surface area contributed by atoms with Gasteiger partial charge in [-0.1, -0.05) is 68.8 Å². The molecule has 40 heavy (non-hydrogen) atoms. The van der Waals surface area contributed by atoms with Gasteiger partial charge in [0, 0.05) is 23.2 Å². The Hall–Kier alpha value is -3.04. The highest BCUT2D eigenvalue weighted by molar-refractivity contribution is 6.40. The largest absolute Gasteiger partial charge is 0.360 e. The number of aromatic nitrogens is 2. The molecule has 1 aliphatic carbocycles. The SMILES string of the molecule is Cc1onc(-c2c(Cl)cccc2Cl)c1C(=O)NC1CCC(NC(=O)c2c(-c3c(Cl)cccc3Cl)noc2C)CC1. The molecule has 5 rings (SSSR count). The number of benzene rings is 2. The smallest absolute Gasteiger partial charge is 0.257 e. The third kappa shape index (κ3) is 5.59. The number of nitrogens with zero attached hydrogens (tertiary/aromatic N) is 2. The third-order valence-corrected chi connectivity index (χ3v) is 8.24. The van der Waals surface area contributed by atoms with Gasteiger partial charge in [-0.3, -0.25) is 9.59 Å². The third-order valence-electron chi connectivity index (χ3n) is 6.98. The minimum Gasteiger partial charge on any atom is -0.360 e. The first-order chi connectivity index (χ1) is 19.2. The zero-order valence-electron chi connectivity index (χ0n) is 21.5. The van der Waals surface area contributed by atoms with Crippen molar-refractivity contribution in [1.29, 1.82) is 0 Å². The van der Waals surface area contributed by atoms with Crippen molar-refractivity contribution in [2.24, 2.45) is 0 Å². The van der Waals surface area contributed by atoms with Gasteiger partial charge in [-0.15, -0.1) is 0 Å². The van der Waals surface area contributed by atoms with Crippen LogP contribution in [0.4, 0.5) is 0 Å². The van der Waals surface area contributed by atoms with Crippen LogP contribution in [0.2, 0.25) is 20.1 Å². The maximum absolute atomic E-state index is 13.3. The molecular weight excluding hydrogens is 598 g/mol. The predicted octanol–water partition coefficient (Wildman–Crippen LogP) is 7.70. The molecule has 1 saturated carbocycles. The molecule has 1 aliphatic rings. The van der Waals surface area contributed by atoms with Crippen molar-refractivity contribution in [3.05, 3.63) is 79.1 Å². The maximum Gasteiger partial charge on any atom is 0.257 e. The molecule has 2 aromatic carbocycles. The highest BCUT2D eigenvalue weighted by atomic mass is 35.5. The number of hydrogen-bond donors (Lipinski definition) is 2. The molecule has 0 unspecified atom stereocenters. The highest BCUT2D eigenvalue weighted by Crippen LogP contribution is 2.38. The van der Waals surface area contributed by atoms with Crippen molar-refractivity contribution in [3.63, 3.8) is 0 Å². The van der Waals surface area contributed by atoms with Crippen LogP contribution < -0.4 is 10.6 Å². The zero-order chi connectivity index (χ0) is 28.6. The number of rotatable bonds is 6. The number of hydrogen-bond acceptors (Lipinski definition) is 6. The van der Waals surface area contributed by atoms with Crippen molar-refractivity contribution in [2.75, 3.05) is 0 Å². The van der Waals surface area contributed by atoms with Crippen LogP contribution >= 0.6 is 46.4 Å². The van der Waals surface area contributed by atoms with Crippen LogP contribution in [0.5, 0.6) is 0 Å². The zero-order valence-corrected chi connectivity index (χ0v) is 24.5. The average molecular weight is 622 g/mol. The number of amides is 2. The van der Waals surface area contributed by atoms with Crippen LogP contribution in [0.3, 0.4) is 0 Å². The summed E-state index contributed by atoms with van der Waals surface area (Å²) in [6.45, 7) is 3.33. The van der Waals surface area contributed by atoms with Crippen LogP contribution in [-0.4, -0.2) is 34.2 Å². The van der Waals surface area contributed by atoms with Crippen molar-refractivity contribution in [1.82, 2.24) is 20.9 Å². The summed E-state index contributed by atoms with van der Waals surface area (Å²) < 4.78 is 10.7. The average Bonchev–Trinajstić information content (AvgIpc) is 3.47. The Morgan fingerprint density at radius 2 is 1.00 bits per heavy atom. The van der Waals surface area contributed by atoms with E-state index in [4.69, 9.17) is 55.4 Å². The van der Waals surface area contributed by atoms with E-state index in [2.05, 4.69) is 20.9 Å². The summed E-state index contributed by atoms with van der Waals surface area (Å²) in [6, 6.07) is 9.95. The number of halogens is 4. The summed E-state index contributed by atoms with van der Waals surface area (Å²) in [4.78, 5) is 26.6. The molecule has 0 bridgehead atoms. The molecule has 4 aromatic rings. The first kappa shape index (κ1) is 28.5. The lowest BCUT2D eigenvalue weighted by Gasteiger charge is -2.29. The number of nitrogens with one attached hydrogen (secondary N) is 2. The summed E-state index contributed by atoms with van der Waals surface area (Å²) >= 11 is 25.4. The quantitative estimate of drug-likeness (QED) is 0.228. The van der Waals surface area contributed by atoms with E-state index in [1.54, 1.807) is 50.2 Å². The van der Waals surface area contributed by atoms with Crippen LogP contribution in [0, 0.1) is 13.8 Å². The van der Waals surface area contributed by atoms with Gasteiger partial charge in [-0.25, -0.2) is 0 Å². The van der Waals surface area contributed by atoms with Gasteiger partial charge in [0.2, 0.25) is 0 Å². The van der Waals surface area contributed by atoms with Crippen molar-refractivity contribution < 1.29 is 18.6 Å². The van der Waals surface area contributed by atoms with E-state index >= 15 is 0 Å². The van der Waals surface area contributed by atoms with Gasteiger partial charge in [0.1, 0.15) is 34.0 Å². The predicted molar refractivity (Wildman–Crippen MR) is 154 cm³/mol. The van der Waals surface area contributed by atoms with Gasteiger partial charge in [-0.05, 0) is 63.8 Å². The molecule has 2 N–H and O–H groups in total. The Kier molecular flexibility index (Phi) is 8.42. The first-order valence-corrected chi connectivity index (χ1v) is 14.1. The minimum atomic E-state index is -0.321. The van der Waals surface area contributed by atoms with Gasteiger partial charge in [-0.2, -0.15) is 0 Å². The van der Waals surface area contributed by atoms with E-state index in [0.717, 1.165) is 0 Å². The maximum atomic E-state index is 13.3. The second kappa shape index (κ2) is 11.8. The molecular formula is C28H24Cl4N4O4. The molecule has 0 atom stereocenters. The summed E-state index contributed by atoms with van der Waals surface area (Å²) in [7, 11) is 0. The van der Waals surface area contributed by atoms with Crippen molar-refractivity contribution in [2.45, 2.75) is 51.6 Å². The fourth-order valence-electron chi connectivity index (χ4n) is 4.97. The molecule has 12 heteroatoms. The molecule has 2 amide bonds. The van der Waals surface area contributed by atoms with E-state index in [-0.39, 0.29) is 23.9 Å². The molecule has 1 fully saturated rings. The van der Waals surface area contributed by atoms with Crippen molar-refractivity contribution in [3.8, 4) is 22.5 Å². The Bertz CT molecular complexity index is 1430. The lowest BCUT2D eigenvalue weighted by Crippen LogP contribution is -2.44. The number of carbonyl (C=O) groups is 2. The minimum absolute atomic E-state index is 0.0978. The monoisotopic (exact) mass is 620 g/mol. The van der Waals surface area contributed by atoms with Crippen LogP contribution in [0.15, 0.2) is 45.4 Å². The molecule has 2 aromatic heterocycles. The summed E-state index contributed by atoms with van der Waals surface area (Å²) in [5.41, 5.74) is 2.06. The van der Waals surface area contributed by atoms with E-state index in [9.17, 15) is 9.59 Å². The molecule has 8 nitrogen and oxygen atoms in total. The summed E-state index contributed by atoms with van der Waals surface area (Å²) in [5.74, 6) is 0.0862. The van der Waals surface area contributed by atoms with E-state index < -0.39 is 0 Å². The van der Waals surface area contributed by atoms with E-state index in [0.29, 0.717) is 90.9 Å². The van der Waals surface area contributed by atoms with Gasteiger partial charge >= 0.3 is 0 Å². The highest BCUT2D eigenvalue weighted by Gasteiger charge is 2.31. The Balaban J connectivity index is 1.24. The summed E-state index contributed by atoms with van der Waals surface area (Å²) in [5, 5.41) is 15.7. The number of aryl methyl sites for hydroxylation is 2. The van der Waals surface area contributed by atoms with E-state index in [1.807, 2.05) is 0 Å². The normalized spacial score (nSPS) is 17.1. The Morgan fingerprint density at radius 3 is 1.32 bits per heavy atom. The lowest BCUT2D eigenvalue weighted by atomic mass is 9.90.